The van der Waals surface area contributed by atoms with Crippen LogP contribution in [0.15, 0.2) is 109 Å². The quantitative estimate of drug-likeness (QED) is 0.361. The molecule has 0 aliphatic heterocycles. The third kappa shape index (κ3) is 2.98. The Bertz CT molecular complexity index is 919. The lowest BCUT2D eigenvalue weighted by atomic mass is 9.65. The summed E-state index contributed by atoms with van der Waals surface area (Å²) in [5.74, 6) is 0. The molecule has 0 nitrogen and oxygen atoms in total. The summed E-state index contributed by atoms with van der Waals surface area (Å²) < 4.78 is 0. The second-order valence-corrected chi connectivity index (χ2v) is 7.15. The van der Waals surface area contributed by atoms with E-state index in [4.69, 9.17) is 0 Å². The number of hydrogen-bond acceptors (Lipinski definition) is 0. The van der Waals surface area contributed by atoms with Crippen LogP contribution in [-0.4, -0.2) is 0 Å². The summed E-state index contributed by atoms with van der Waals surface area (Å²) >= 11 is 0. The fourth-order valence-electron chi connectivity index (χ4n) is 4.04. The predicted octanol–water partition coefficient (Wildman–Crippen LogP) is 6.69. The van der Waals surface area contributed by atoms with Crippen LogP contribution >= 0.6 is 0 Å². The Morgan fingerprint density at radius 3 is 1.19 bits per heavy atom. The summed E-state index contributed by atoms with van der Waals surface area (Å²) in [6.45, 7) is 4.37. The number of rotatable bonds is 4. The molecule has 4 aromatic rings. The van der Waals surface area contributed by atoms with Gasteiger partial charge in [0.1, 0.15) is 0 Å². The molecule has 0 unspecified atom stereocenters. The van der Waals surface area contributed by atoms with Crippen LogP contribution in [0.4, 0.5) is 0 Å². The van der Waals surface area contributed by atoms with Crippen molar-refractivity contribution in [3.8, 4) is 0 Å². The lowest BCUT2D eigenvalue weighted by Crippen LogP contribution is -2.31. The standard InChI is InChI=1S/C27H24/c1-21-18-19-26(20-22(21)2)27(23-12-6-3-7-13-23,24-14-8-4-9-15-24)25-16-10-5-11-17-25/h3-20H,1-2H3. The van der Waals surface area contributed by atoms with Gasteiger partial charge in [0, 0.05) is 0 Å². The second kappa shape index (κ2) is 7.25. The highest BCUT2D eigenvalue weighted by molar-refractivity contribution is 5.60. The van der Waals surface area contributed by atoms with Gasteiger partial charge < -0.3 is 0 Å². The van der Waals surface area contributed by atoms with E-state index in [0.29, 0.717) is 0 Å². The van der Waals surface area contributed by atoms with Gasteiger partial charge in [-0.25, -0.2) is 0 Å². The molecule has 0 saturated heterocycles. The van der Waals surface area contributed by atoms with E-state index < -0.39 is 0 Å². The molecule has 132 valence electrons. The molecule has 4 aromatic carbocycles. The van der Waals surface area contributed by atoms with E-state index in [-0.39, 0.29) is 5.41 Å². The van der Waals surface area contributed by atoms with Gasteiger partial charge in [-0.05, 0) is 47.2 Å². The zero-order chi connectivity index (χ0) is 18.7. The summed E-state index contributed by atoms with van der Waals surface area (Å²) in [6.07, 6.45) is 0. The molecule has 0 spiro atoms. The van der Waals surface area contributed by atoms with Crippen molar-refractivity contribution < 1.29 is 0 Å². The third-order valence-corrected chi connectivity index (χ3v) is 5.56. The SMILES string of the molecule is Cc1ccc(C(c2ccccc2)(c2ccccc2)c2ccccc2)cc1C. The van der Waals surface area contributed by atoms with Crippen molar-refractivity contribution in [3.05, 3.63) is 143 Å². The minimum absolute atomic E-state index is 0.345. The maximum absolute atomic E-state index is 2.35. The smallest absolute Gasteiger partial charge is 0.0622 e. The molecule has 0 heterocycles. The Kier molecular flexibility index (Phi) is 4.64. The van der Waals surface area contributed by atoms with Gasteiger partial charge in [0.25, 0.3) is 0 Å². The maximum atomic E-state index is 2.35. The highest BCUT2D eigenvalue weighted by Crippen LogP contribution is 2.45. The van der Waals surface area contributed by atoms with E-state index in [1.165, 1.54) is 33.4 Å². The molecule has 0 saturated carbocycles. The highest BCUT2D eigenvalue weighted by atomic mass is 14.4. The first-order chi connectivity index (χ1) is 13.2. The molecular formula is C27H24. The summed E-state index contributed by atoms with van der Waals surface area (Å²) in [5, 5.41) is 0. The van der Waals surface area contributed by atoms with Crippen molar-refractivity contribution in [1.29, 1.82) is 0 Å². The normalized spacial score (nSPS) is 11.3. The molecule has 0 aliphatic rings. The van der Waals surface area contributed by atoms with Crippen LogP contribution < -0.4 is 0 Å². The van der Waals surface area contributed by atoms with Crippen molar-refractivity contribution in [2.24, 2.45) is 0 Å². The fourth-order valence-corrected chi connectivity index (χ4v) is 4.04. The molecule has 0 amide bonds. The lowest BCUT2D eigenvalue weighted by Gasteiger charge is -2.37. The van der Waals surface area contributed by atoms with Crippen molar-refractivity contribution >= 4 is 0 Å². The van der Waals surface area contributed by atoms with Crippen LogP contribution in [0, 0.1) is 13.8 Å². The molecule has 0 heteroatoms. The second-order valence-electron chi connectivity index (χ2n) is 7.15. The van der Waals surface area contributed by atoms with E-state index in [2.05, 4.69) is 123 Å². The molecule has 0 atom stereocenters. The van der Waals surface area contributed by atoms with Gasteiger partial charge in [0.15, 0.2) is 0 Å². The fraction of sp³-hybridized carbons (Fsp3) is 0.111. The van der Waals surface area contributed by atoms with Gasteiger partial charge in [0.05, 0.1) is 5.41 Å². The highest BCUT2D eigenvalue weighted by Gasteiger charge is 2.38. The van der Waals surface area contributed by atoms with Crippen LogP contribution in [-0.2, 0) is 5.41 Å². The Morgan fingerprint density at radius 1 is 0.407 bits per heavy atom. The van der Waals surface area contributed by atoms with E-state index in [9.17, 15) is 0 Å². The zero-order valence-corrected chi connectivity index (χ0v) is 15.9. The first-order valence-corrected chi connectivity index (χ1v) is 9.47. The van der Waals surface area contributed by atoms with E-state index in [1.54, 1.807) is 0 Å². The van der Waals surface area contributed by atoms with Gasteiger partial charge in [0.2, 0.25) is 0 Å². The largest absolute Gasteiger partial charge is 0.0701 e. The van der Waals surface area contributed by atoms with Gasteiger partial charge in [-0.15, -0.1) is 0 Å². The summed E-state index contributed by atoms with van der Waals surface area (Å²) in [5.41, 5.74) is 7.44. The van der Waals surface area contributed by atoms with Gasteiger partial charge in [-0.2, -0.15) is 0 Å². The van der Waals surface area contributed by atoms with Gasteiger partial charge in [-0.1, -0.05) is 109 Å². The van der Waals surface area contributed by atoms with E-state index >= 15 is 0 Å². The van der Waals surface area contributed by atoms with Crippen molar-refractivity contribution in [2.75, 3.05) is 0 Å². The van der Waals surface area contributed by atoms with Crippen LogP contribution in [0.25, 0.3) is 0 Å². The minimum Gasteiger partial charge on any atom is -0.0622 e. The first kappa shape index (κ1) is 17.3. The van der Waals surface area contributed by atoms with Crippen molar-refractivity contribution in [3.63, 3.8) is 0 Å². The summed E-state index contributed by atoms with van der Waals surface area (Å²) in [6, 6.07) is 39.4. The minimum atomic E-state index is -0.345. The Morgan fingerprint density at radius 2 is 0.815 bits per heavy atom. The Labute approximate surface area is 162 Å². The van der Waals surface area contributed by atoms with Crippen molar-refractivity contribution in [2.45, 2.75) is 19.3 Å². The Hall–Kier alpha value is -3.12. The molecule has 27 heavy (non-hydrogen) atoms. The van der Waals surface area contributed by atoms with Crippen LogP contribution in [0.3, 0.4) is 0 Å². The molecule has 0 N–H and O–H groups in total. The summed E-state index contributed by atoms with van der Waals surface area (Å²) in [4.78, 5) is 0. The maximum Gasteiger partial charge on any atom is 0.0701 e. The number of hydrogen-bond donors (Lipinski definition) is 0. The number of benzene rings is 4. The van der Waals surface area contributed by atoms with Gasteiger partial charge >= 0.3 is 0 Å². The lowest BCUT2D eigenvalue weighted by molar-refractivity contribution is 0.743. The third-order valence-electron chi connectivity index (χ3n) is 5.56. The average molecular weight is 348 g/mol. The molecule has 0 radical (unpaired) electrons. The first-order valence-electron chi connectivity index (χ1n) is 9.47. The van der Waals surface area contributed by atoms with E-state index in [1.807, 2.05) is 0 Å². The molecule has 0 fully saturated rings. The molecular weight excluding hydrogens is 324 g/mol. The predicted molar refractivity (Wildman–Crippen MR) is 114 cm³/mol. The topological polar surface area (TPSA) is 0 Å². The van der Waals surface area contributed by atoms with Crippen LogP contribution in [0.2, 0.25) is 0 Å². The molecule has 0 aliphatic carbocycles. The van der Waals surface area contributed by atoms with Crippen LogP contribution in [0.5, 0.6) is 0 Å². The van der Waals surface area contributed by atoms with Crippen molar-refractivity contribution in [1.82, 2.24) is 0 Å². The Balaban J connectivity index is 2.14. The monoisotopic (exact) mass is 348 g/mol. The van der Waals surface area contributed by atoms with E-state index in [0.717, 1.165) is 0 Å². The zero-order valence-electron chi connectivity index (χ0n) is 15.9. The molecule has 0 aromatic heterocycles. The summed E-state index contributed by atoms with van der Waals surface area (Å²) in [7, 11) is 0. The van der Waals surface area contributed by atoms with Crippen LogP contribution in [0.1, 0.15) is 33.4 Å². The number of aryl methyl sites for hydroxylation is 2. The van der Waals surface area contributed by atoms with Gasteiger partial charge in [-0.3, -0.25) is 0 Å². The molecule has 4 rings (SSSR count). The average Bonchev–Trinajstić information content (AvgIpc) is 2.74. The molecule has 0 bridgehead atoms.